The van der Waals surface area contributed by atoms with Gasteiger partial charge in [0.25, 0.3) is 0 Å². The maximum atomic E-state index is 13.3. The van der Waals surface area contributed by atoms with Crippen LogP contribution in [0.4, 0.5) is 0 Å². The van der Waals surface area contributed by atoms with Gasteiger partial charge in [-0.2, -0.15) is 9.29 Å². The van der Waals surface area contributed by atoms with Gasteiger partial charge in [0.05, 0.1) is 12.0 Å². The summed E-state index contributed by atoms with van der Waals surface area (Å²) in [5, 5.41) is 3.88. The lowest BCUT2D eigenvalue weighted by Crippen LogP contribution is -2.41. The van der Waals surface area contributed by atoms with E-state index in [1.54, 1.807) is 36.1 Å². The van der Waals surface area contributed by atoms with Crippen LogP contribution in [0.15, 0.2) is 33.7 Å². The molecule has 1 amide bonds. The highest BCUT2D eigenvalue weighted by molar-refractivity contribution is 7.89. The van der Waals surface area contributed by atoms with E-state index in [0.29, 0.717) is 23.9 Å². The number of hydrogen-bond donors (Lipinski definition) is 0. The fraction of sp³-hybridized carbons (Fsp3) is 0.571. The standard InChI is InChI=1S/C21H28N4O5S/c1-15-22-20(30-23-15)19-11-12-24(13-14-25(19)21(26)16-5-3-4-6-16)31(27,28)18-9-7-17(29-2)8-10-18/h7-10,16,19H,3-6,11-14H2,1-2H3. The highest BCUT2D eigenvalue weighted by Gasteiger charge is 2.38. The number of benzene rings is 1. The second kappa shape index (κ2) is 8.96. The molecular formula is C21H28N4O5S. The fourth-order valence-corrected chi connectivity index (χ4v) is 5.87. The smallest absolute Gasteiger partial charge is 0.249 e. The van der Waals surface area contributed by atoms with Crippen molar-refractivity contribution in [3.8, 4) is 5.75 Å². The van der Waals surface area contributed by atoms with Crippen LogP contribution in [0.25, 0.3) is 0 Å². The third-order valence-electron chi connectivity index (χ3n) is 6.13. The van der Waals surface area contributed by atoms with Gasteiger partial charge in [0.2, 0.25) is 21.8 Å². The summed E-state index contributed by atoms with van der Waals surface area (Å²) in [5.41, 5.74) is 0. The van der Waals surface area contributed by atoms with Crippen molar-refractivity contribution in [1.29, 1.82) is 0 Å². The minimum atomic E-state index is -3.71. The number of carbonyl (C=O) groups excluding carboxylic acids is 1. The van der Waals surface area contributed by atoms with Crippen molar-refractivity contribution in [2.24, 2.45) is 5.92 Å². The SMILES string of the molecule is COc1ccc(S(=O)(=O)N2CCC(c3nc(C)no3)N(C(=O)C3CCCC3)CC2)cc1. The molecule has 4 rings (SSSR count). The Bertz CT molecular complexity index is 1010. The van der Waals surface area contributed by atoms with Crippen molar-refractivity contribution in [3.05, 3.63) is 36.0 Å². The number of amides is 1. The monoisotopic (exact) mass is 448 g/mol. The second-order valence-corrected chi connectivity index (χ2v) is 10.0. The van der Waals surface area contributed by atoms with Gasteiger partial charge >= 0.3 is 0 Å². The highest BCUT2D eigenvalue weighted by atomic mass is 32.2. The fourth-order valence-electron chi connectivity index (χ4n) is 4.42. The van der Waals surface area contributed by atoms with E-state index >= 15 is 0 Å². The molecule has 1 aliphatic heterocycles. The normalized spacial score (nSPS) is 21.2. The van der Waals surface area contributed by atoms with Crippen LogP contribution < -0.4 is 4.74 Å². The number of nitrogens with zero attached hydrogens (tertiary/aromatic N) is 4. The summed E-state index contributed by atoms with van der Waals surface area (Å²) in [7, 11) is -2.17. The Kier molecular flexibility index (Phi) is 6.29. The van der Waals surface area contributed by atoms with Crippen LogP contribution in [0.2, 0.25) is 0 Å². The molecule has 1 saturated heterocycles. The molecule has 0 N–H and O–H groups in total. The summed E-state index contributed by atoms with van der Waals surface area (Å²) in [5.74, 6) is 1.50. The molecule has 31 heavy (non-hydrogen) atoms. The molecule has 10 heteroatoms. The van der Waals surface area contributed by atoms with Crippen molar-refractivity contribution in [1.82, 2.24) is 19.3 Å². The van der Waals surface area contributed by atoms with Gasteiger partial charge in [-0.3, -0.25) is 4.79 Å². The number of aromatic nitrogens is 2. The number of rotatable bonds is 5. The van der Waals surface area contributed by atoms with E-state index in [1.807, 2.05) is 0 Å². The van der Waals surface area contributed by atoms with E-state index in [9.17, 15) is 13.2 Å². The van der Waals surface area contributed by atoms with E-state index in [0.717, 1.165) is 25.7 Å². The largest absolute Gasteiger partial charge is 0.497 e. The first kappa shape index (κ1) is 21.8. The molecule has 2 fully saturated rings. The number of aryl methyl sites for hydroxylation is 1. The molecule has 0 bridgehead atoms. The molecule has 1 unspecified atom stereocenters. The van der Waals surface area contributed by atoms with Gasteiger partial charge in [0, 0.05) is 25.6 Å². The third kappa shape index (κ3) is 4.45. The van der Waals surface area contributed by atoms with Crippen LogP contribution in [-0.2, 0) is 14.8 Å². The van der Waals surface area contributed by atoms with Crippen LogP contribution in [-0.4, -0.2) is 60.4 Å². The lowest BCUT2D eigenvalue weighted by molar-refractivity contribution is -0.138. The molecule has 1 aromatic carbocycles. The zero-order chi connectivity index (χ0) is 22.0. The first-order valence-corrected chi connectivity index (χ1v) is 12.1. The van der Waals surface area contributed by atoms with Gasteiger partial charge in [-0.25, -0.2) is 8.42 Å². The topological polar surface area (TPSA) is 106 Å². The van der Waals surface area contributed by atoms with Crippen molar-refractivity contribution in [3.63, 3.8) is 0 Å². The Labute approximate surface area is 182 Å². The summed E-state index contributed by atoms with van der Waals surface area (Å²) in [6.45, 7) is 2.50. The van der Waals surface area contributed by atoms with E-state index in [-0.39, 0.29) is 36.4 Å². The lowest BCUT2D eigenvalue weighted by Gasteiger charge is -2.29. The van der Waals surface area contributed by atoms with Crippen molar-refractivity contribution < 1.29 is 22.5 Å². The zero-order valence-electron chi connectivity index (χ0n) is 17.9. The molecule has 168 valence electrons. The van der Waals surface area contributed by atoms with Crippen molar-refractivity contribution in [2.45, 2.75) is 50.0 Å². The number of sulfonamides is 1. The molecular weight excluding hydrogens is 420 g/mol. The highest BCUT2D eigenvalue weighted by Crippen LogP contribution is 2.33. The third-order valence-corrected chi connectivity index (χ3v) is 8.04. The molecule has 0 spiro atoms. The average Bonchev–Trinajstić information content (AvgIpc) is 3.40. The Morgan fingerprint density at radius 2 is 1.81 bits per heavy atom. The van der Waals surface area contributed by atoms with E-state index in [4.69, 9.17) is 9.26 Å². The summed E-state index contributed by atoms with van der Waals surface area (Å²) < 4.78 is 38.5. The molecule has 9 nitrogen and oxygen atoms in total. The predicted molar refractivity (Wildman–Crippen MR) is 112 cm³/mol. The number of hydrogen-bond acceptors (Lipinski definition) is 7. The van der Waals surface area contributed by atoms with Crippen LogP contribution >= 0.6 is 0 Å². The maximum absolute atomic E-state index is 13.3. The Balaban J connectivity index is 1.59. The van der Waals surface area contributed by atoms with Gasteiger partial charge in [0.1, 0.15) is 11.8 Å². The van der Waals surface area contributed by atoms with E-state index in [2.05, 4.69) is 10.1 Å². The Morgan fingerprint density at radius 1 is 1.10 bits per heavy atom. The summed E-state index contributed by atoms with van der Waals surface area (Å²) in [6.07, 6.45) is 4.24. The molecule has 1 aromatic heterocycles. The van der Waals surface area contributed by atoms with Crippen LogP contribution in [0.3, 0.4) is 0 Å². The maximum Gasteiger partial charge on any atom is 0.249 e. The quantitative estimate of drug-likeness (QED) is 0.692. The molecule has 1 saturated carbocycles. The van der Waals surface area contributed by atoms with Gasteiger partial charge in [-0.15, -0.1) is 0 Å². The molecule has 0 radical (unpaired) electrons. The minimum Gasteiger partial charge on any atom is -0.497 e. The van der Waals surface area contributed by atoms with Gasteiger partial charge in [-0.05, 0) is 50.5 Å². The molecule has 2 aromatic rings. The molecule has 1 atom stereocenters. The second-order valence-electron chi connectivity index (χ2n) is 8.08. The van der Waals surface area contributed by atoms with Gasteiger partial charge < -0.3 is 14.2 Å². The number of methoxy groups -OCH3 is 1. The Hall–Kier alpha value is -2.46. The van der Waals surface area contributed by atoms with Crippen LogP contribution in [0.5, 0.6) is 5.75 Å². The first-order valence-electron chi connectivity index (χ1n) is 10.6. The summed E-state index contributed by atoms with van der Waals surface area (Å²) in [6, 6.07) is 5.92. The van der Waals surface area contributed by atoms with E-state index in [1.165, 1.54) is 11.4 Å². The van der Waals surface area contributed by atoms with Crippen molar-refractivity contribution in [2.75, 3.05) is 26.7 Å². The summed E-state index contributed by atoms with van der Waals surface area (Å²) >= 11 is 0. The van der Waals surface area contributed by atoms with Crippen LogP contribution in [0.1, 0.15) is 49.9 Å². The first-order chi connectivity index (χ1) is 14.9. The summed E-state index contributed by atoms with van der Waals surface area (Å²) in [4.78, 5) is 19.6. The Morgan fingerprint density at radius 3 is 2.42 bits per heavy atom. The molecule has 2 aliphatic rings. The zero-order valence-corrected chi connectivity index (χ0v) is 18.7. The lowest BCUT2D eigenvalue weighted by atomic mass is 10.0. The number of ether oxygens (including phenoxy) is 1. The molecule has 1 aliphatic carbocycles. The van der Waals surface area contributed by atoms with Gasteiger partial charge in [-0.1, -0.05) is 18.0 Å². The van der Waals surface area contributed by atoms with Crippen LogP contribution in [0, 0.1) is 12.8 Å². The van der Waals surface area contributed by atoms with Crippen molar-refractivity contribution >= 4 is 15.9 Å². The van der Waals surface area contributed by atoms with Gasteiger partial charge in [0.15, 0.2) is 5.82 Å². The van der Waals surface area contributed by atoms with E-state index < -0.39 is 16.1 Å². The minimum absolute atomic E-state index is 0.0173. The number of carbonyl (C=O) groups is 1. The average molecular weight is 449 g/mol. The molecule has 2 heterocycles. The predicted octanol–water partition coefficient (Wildman–Crippen LogP) is 2.54.